The van der Waals surface area contributed by atoms with Crippen LogP contribution in [0.15, 0.2) is 23.2 Å². The molecule has 0 radical (unpaired) electrons. The topological polar surface area (TPSA) is 102 Å². The first-order valence-corrected chi connectivity index (χ1v) is 7.16. The molecule has 2 rings (SSSR count). The Morgan fingerprint density at radius 3 is 2.65 bits per heavy atom. The highest BCUT2D eigenvalue weighted by atomic mass is 35.5. The number of rotatable bonds is 2. The van der Waals surface area contributed by atoms with Crippen molar-refractivity contribution >= 4 is 21.6 Å². The van der Waals surface area contributed by atoms with Crippen molar-refractivity contribution in [2.45, 2.75) is 11.9 Å². The van der Waals surface area contributed by atoms with E-state index in [9.17, 15) is 12.8 Å². The van der Waals surface area contributed by atoms with Crippen LogP contribution in [0.3, 0.4) is 0 Å². The first-order valence-electron chi connectivity index (χ1n) is 5.23. The Labute approximate surface area is 119 Å². The van der Waals surface area contributed by atoms with Crippen LogP contribution in [0.1, 0.15) is 11.3 Å². The standard InChI is InChI=1S/C11H8ClFN4O2S/c1-6-8(5-14)11(20(15,18)19)17(16-6)7-2-3-9(12)10(13)4-7/h2-4H,1H3,(H2,15,18,19). The number of hydrogen-bond acceptors (Lipinski definition) is 4. The number of sulfonamides is 1. The summed E-state index contributed by atoms with van der Waals surface area (Å²) in [6, 6.07) is 5.35. The molecule has 0 spiro atoms. The fraction of sp³-hybridized carbons (Fsp3) is 0.0909. The number of aromatic nitrogens is 2. The summed E-state index contributed by atoms with van der Waals surface area (Å²) in [7, 11) is -4.20. The van der Waals surface area contributed by atoms with E-state index < -0.39 is 20.9 Å². The number of nitriles is 1. The number of hydrogen-bond donors (Lipinski definition) is 1. The summed E-state index contributed by atoms with van der Waals surface area (Å²) in [5.41, 5.74) is 0.0928. The lowest BCUT2D eigenvalue weighted by molar-refractivity contribution is 0.585. The number of aryl methyl sites for hydroxylation is 1. The van der Waals surface area contributed by atoms with E-state index in [-0.39, 0.29) is 22.0 Å². The molecule has 0 saturated heterocycles. The van der Waals surface area contributed by atoms with Gasteiger partial charge in [-0.15, -0.1) is 0 Å². The molecule has 20 heavy (non-hydrogen) atoms. The zero-order valence-electron chi connectivity index (χ0n) is 10.1. The third kappa shape index (κ3) is 2.38. The minimum Gasteiger partial charge on any atom is -0.223 e. The fourth-order valence-electron chi connectivity index (χ4n) is 1.69. The van der Waals surface area contributed by atoms with Gasteiger partial charge in [-0.25, -0.2) is 22.6 Å². The van der Waals surface area contributed by atoms with E-state index in [4.69, 9.17) is 22.0 Å². The highest BCUT2D eigenvalue weighted by molar-refractivity contribution is 7.89. The molecule has 0 unspecified atom stereocenters. The SMILES string of the molecule is Cc1nn(-c2ccc(Cl)c(F)c2)c(S(N)(=O)=O)c1C#N. The summed E-state index contributed by atoms with van der Waals surface area (Å²) in [6.45, 7) is 1.45. The number of nitrogens with two attached hydrogens (primary N) is 1. The van der Waals surface area contributed by atoms with Gasteiger partial charge < -0.3 is 0 Å². The maximum atomic E-state index is 13.5. The summed E-state index contributed by atoms with van der Waals surface area (Å²) >= 11 is 5.56. The van der Waals surface area contributed by atoms with Gasteiger partial charge in [0, 0.05) is 6.07 Å². The molecule has 0 bridgehead atoms. The van der Waals surface area contributed by atoms with Crippen LogP contribution in [0.2, 0.25) is 5.02 Å². The van der Waals surface area contributed by atoms with Gasteiger partial charge in [0.15, 0.2) is 5.03 Å². The Balaban J connectivity index is 2.82. The van der Waals surface area contributed by atoms with Gasteiger partial charge in [0.05, 0.1) is 16.4 Å². The molecule has 2 N–H and O–H groups in total. The van der Waals surface area contributed by atoms with E-state index >= 15 is 0 Å². The summed E-state index contributed by atoms with van der Waals surface area (Å²) in [5.74, 6) is -0.740. The molecule has 2 aromatic rings. The van der Waals surface area contributed by atoms with Crippen LogP contribution in [0.4, 0.5) is 4.39 Å². The van der Waals surface area contributed by atoms with Crippen LogP contribution >= 0.6 is 11.6 Å². The van der Waals surface area contributed by atoms with Crippen LogP contribution in [0.5, 0.6) is 0 Å². The molecule has 6 nitrogen and oxygen atoms in total. The quantitative estimate of drug-likeness (QED) is 0.907. The molecule has 1 heterocycles. The molecule has 0 fully saturated rings. The fourth-order valence-corrected chi connectivity index (χ4v) is 2.67. The van der Waals surface area contributed by atoms with E-state index in [1.807, 2.05) is 0 Å². The Bertz CT molecular complexity index is 839. The van der Waals surface area contributed by atoms with Gasteiger partial charge in [0.1, 0.15) is 17.4 Å². The second kappa shape index (κ2) is 4.86. The lowest BCUT2D eigenvalue weighted by Gasteiger charge is -2.06. The van der Waals surface area contributed by atoms with Crippen LogP contribution in [0, 0.1) is 24.1 Å². The predicted molar refractivity (Wildman–Crippen MR) is 69.4 cm³/mol. The molecular formula is C11H8ClFN4O2S. The summed E-state index contributed by atoms with van der Waals surface area (Å²) in [6.07, 6.45) is 0. The molecule has 104 valence electrons. The molecule has 1 aromatic carbocycles. The number of primary sulfonamides is 1. The summed E-state index contributed by atoms with van der Waals surface area (Å²) in [4.78, 5) is 0. The van der Waals surface area contributed by atoms with E-state index in [2.05, 4.69) is 5.10 Å². The molecule has 1 aromatic heterocycles. The number of benzene rings is 1. The van der Waals surface area contributed by atoms with Gasteiger partial charge in [-0.05, 0) is 19.1 Å². The summed E-state index contributed by atoms with van der Waals surface area (Å²) in [5, 5.41) is 17.4. The highest BCUT2D eigenvalue weighted by Gasteiger charge is 2.25. The van der Waals surface area contributed by atoms with Crippen molar-refractivity contribution in [2.24, 2.45) is 5.14 Å². The molecule has 9 heteroatoms. The zero-order valence-corrected chi connectivity index (χ0v) is 11.7. The third-order valence-corrected chi connectivity index (χ3v) is 3.77. The lowest BCUT2D eigenvalue weighted by Crippen LogP contribution is -2.18. The predicted octanol–water partition coefficient (Wildman–Crippen LogP) is 1.49. The highest BCUT2D eigenvalue weighted by Crippen LogP contribution is 2.24. The van der Waals surface area contributed by atoms with Crippen molar-refractivity contribution in [1.82, 2.24) is 9.78 Å². The largest absolute Gasteiger partial charge is 0.257 e. The van der Waals surface area contributed by atoms with Gasteiger partial charge in [-0.1, -0.05) is 11.6 Å². The van der Waals surface area contributed by atoms with Crippen LogP contribution in [-0.2, 0) is 10.0 Å². The number of nitrogens with zero attached hydrogens (tertiary/aromatic N) is 3. The van der Waals surface area contributed by atoms with Gasteiger partial charge in [0.25, 0.3) is 10.0 Å². The first-order chi connectivity index (χ1) is 9.25. The maximum absolute atomic E-state index is 13.5. The third-order valence-electron chi connectivity index (χ3n) is 2.55. The smallest absolute Gasteiger partial charge is 0.223 e. The van der Waals surface area contributed by atoms with Crippen LogP contribution in [0.25, 0.3) is 5.69 Å². The molecule has 0 aliphatic carbocycles. The Kier molecular flexibility index (Phi) is 3.52. The number of halogens is 2. The van der Waals surface area contributed by atoms with Crippen LogP contribution < -0.4 is 5.14 Å². The Hall–Kier alpha value is -1.95. The molecular weight excluding hydrogens is 307 g/mol. The second-order valence-electron chi connectivity index (χ2n) is 3.93. The average Bonchev–Trinajstić information content (AvgIpc) is 2.69. The lowest BCUT2D eigenvalue weighted by atomic mass is 10.3. The Morgan fingerprint density at radius 2 is 2.15 bits per heavy atom. The van der Waals surface area contributed by atoms with Crippen molar-refractivity contribution in [3.63, 3.8) is 0 Å². The first kappa shape index (κ1) is 14.5. The van der Waals surface area contributed by atoms with Gasteiger partial charge in [-0.2, -0.15) is 10.4 Å². The maximum Gasteiger partial charge on any atom is 0.257 e. The van der Waals surface area contributed by atoms with Crippen LogP contribution in [-0.4, -0.2) is 18.2 Å². The monoisotopic (exact) mass is 314 g/mol. The zero-order chi connectivity index (χ0) is 15.1. The van der Waals surface area contributed by atoms with E-state index in [1.165, 1.54) is 19.1 Å². The van der Waals surface area contributed by atoms with E-state index in [1.54, 1.807) is 6.07 Å². The van der Waals surface area contributed by atoms with Crippen molar-refractivity contribution < 1.29 is 12.8 Å². The van der Waals surface area contributed by atoms with Gasteiger partial charge >= 0.3 is 0 Å². The minimum absolute atomic E-state index is 0.0977. The van der Waals surface area contributed by atoms with Gasteiger partial charge in [-0.3, -0.25) is 0 Å². The molecule has 0 saturated carbocycles. The summed E-state index contributed by atoms with van der Waals surface area (Å²) < 4.78 is 37.6. The normalized spacial score (nSPS) is 11.3. The van der Waals surface area contributed by atoms with Crippen molar-refractivity contribution in [3.05, 3.63) is 40.3 Å². The van der Waals surface area contributed by atoms with Gasteiger partial charge in [0.2, 0.25) is 0 Å². The molecule has 0 atom stereocenters. The second-order valence-corrected chi connectivity index (χ2v) is 5.82. The Morgan fingerprint density at radius 1 is 1.50 bits per heavy atom. The molecule has 0 amide bonds. The van der Waals surface area contributed by atoms with E-state index in [0.717, 1.165) is 10.7 Å². The molecule has 0 aliphatic rings. The average molecular weight is 315 g/mol. The minimum atomic E-state index is -4.20. The van der Waals surface area contributed by atoms with Crippen molar-refractivity contribution in [2.75, 3.05) is 0 Å². The van der Waals surface area contributed by atoms with Crippen molar-refractivity contribution in [1.29, 1.82) is 5.26 Å². The molecule has 0 aliphatic heterocycles. The van der Waals surface area contributed by atoms with Crippen molar-refractivity contribution in [3.8, 4) is 11.8 Å². The van der Waals surface area contributed by atoms with E-state index in [0.29, 0.717) is 0 Å².